The number of phenols is 2. The Kier molecular flexibility index (Phi) is 4.99. The Labute approximate surface area is 172 Å². The topological polar surface area (TPSA) is 58.3 Å². The number of phenolic OH excluding ortho intramolecular Hbond substituents is 2. The summed E-state index contributed by atoms with van der Waals surface area (Å²) < 4.78 is 16.3. The van der Waals surface area contributed by atoms with Crippen LogP contribution in [0.5, 0.6) is 11.5 Å². The molecule has 0 atom stereocenters. The molecule has 0 spiro atoms. The molecule has 146 valence electrons. The molecule has 4 rings (SSSR count). The predicted octanol–water partition coefficient (Wildman–Crippen LogP) is 5.97. The van der Waals surface area contributed by atoms with Gasteiger partial charge in [-0.15, -0.1) is 0 Å². The molecule has 29 heavy (non-hydrogen) atoms. The lowest BCUT2D eigenvalue weighted by Crippen LogP contribution is -2.03. The molecule has 1 heterocycles. The third kappa shape index (κ3) is 3.45. The van der Waals surface area contributed by atoms with Crippen LogP contribution in [-0.2, 0) is 6.42 Å². The first-order valence-electron chi connectivity index (χ1n) is 9.14. The van der Waals surface area contributed by atoms with Crippen LogP contribution in [0.3, 0.4) is 0 Å². The van der Waals surface area contributed by atoms with Crippen molar-refractivity contribution in [3.63, 3.8) is 0 Å². The van der Waals surface area contributed by atoms with E-state index in [9.17, 15) is 14.6 Å². The fraction of sp³-hybridized carbons (Fsp3) is 0.0870. The van der Waals surface area contributed by atoms with Crippen molar-refractivity contribution in [2.75, 3.05) is 0 Å². The van der Waals surface area contributed by atoms with E-state index in [1.165, 1.54) is 10.7 Å². The second-order valence-electron chi connectivity index (χ2n) is 6.61. The molecule has 0 aliphatic rings. The molecule has 0 bridgehead atoms. The van der Waals surface area contributed by atoms with E-state index in [1.807, 2.05) is 6.92 Å². The second kappa shape index (κ2) is 7.60. The normalized spacial score (nSPS) is 11.0. The fourth-order valence-corrected chi connectivity index (χ4v) is 3.65. The van der Waals surface area contributed by atoms with Crippen molar-refractivity contribution in [3.8, 4) is 39.7 Å². The Bertz CT molecular complexity index is 1150. The quantitative estimate of drug-likeness (QED) is 0.437. The van der Waals surface area contributed by atoms with Gasteiger partial charge in [-0.2, -0.15) is 5.10 Å². The van der Waals surface area contributed by atoms with Gasteiger partial charge in [-0.25, -0.2) is 9.07 Å². The average molecular weight is 409 g/mol. The summed E-state index contributed by atoms with van der Waals surface area (Å²) in [4.78, 5) is 0. The monoisotopic (exact) mass is 408 g/mol. The summed E-state index contributed by atoms with van der Waals surface area (Å²) in [6.07, 6.45) is 0.637. The van der Waals surface area contributed by atoms with Crippen LogP contribution in [0.1, 0.15) is 12.5 Å². The van der Waals surface area contributed by atoms with Crippen molar-refractivity contribution in [1.29, 1.82) is 0 Å². The summed E-state index contributed by atoms with van der Waals surface area (Å²) in [5.41, 5.74) is 4.01. The molecule has 0 amide bonds. The molecule has 2 N–H and O–H groups in total. The van der Waals surface area contributed by atoms with E-state index in [0.717, 1.165) is 16.7 Å². The summed E-state index contributed by atoms with van der Waals surface area (Å²) in [7, 11) is 0. The molecule has 0 saturated heterocycles. The van der Waals surface area contributed by atoms with Gasteiger partial charge >= 0.3 is 0 Å². The zero-order valence-corrected chi connectivity index (χ0v) is 16.4. The zero-order chi connectivity index (χ0) is 20.5. The summed E-state index contributed by atoms with van der Waals surface area (Å²) in [6, 6.07) is 17.9. The minimum Gasteiger partial charge on any atom is -0.508 e. The minimum atomic E-state index is -0.486. The van der Waals surface area contributed by atoms with E-state index in [-0.39, 0.29) is 22.2 Å². The molecular weight excluding hydrogens is 391 g/mol. The standard InChI is InChI=1S/C23H18ClFN2O2/c1-2-18-21(14-6-10-16(28)11-7-14)26-27(23-19(24)4-3-5-20(23)25)22(18)15-8-12-17(29)13-9-15/h3-13,28-29H,2H2,1H3. The van der Waals surface area contributed by atoms with Crippen molar-refractivity contribution < 1.29 is 14.6 Å². The molecule has 0 aliphatic carbocycles. The highest BCUT2D eigenvalue weighted by molar-refractivity contribution is 6.32. The predicted molar refractivity (Wildman–Crippen MR) is 112 cm³/mol. The molecule has 0 radical (unpaired) electrons. The van der Waals surface area contributed by atoms with Crippen LogP contribution in [0.15, 0.2) is 66.7 Å². The summed E-state index contributed by atoms with van der Waals surface area (Å²) in [5, 5.41) is 24.3. The summed E-state index contributed by atoms with van der Waals surface area (Å²) in [5.74, 6) is -0.192. The van der Waals surface area contributed by atoms with Crippen LogP contribution in [0, 0.1) is 5.82 Å². The number of para-hydroxylation sites is 1. The first-order chi connectivity index (χ1) is 14.0. The van der Waals surface area contributed by atoms with Gasteiger partial charge in [-0.05, 0) is 67.1 Å². The van der Waals surface area contributed by atoms with E-state index in [1.54, 1.807) is 60.7 Å². The lowest BCUT2D eigenvalue weighted by Gasteiger charge is -2.12. The molecule has 0 unspecified atom stereocenters. The smallest absolute Gasteiger partial charge is 0.150 e. The van der Waals surface area contributed by atoms with Gasteiger partial charge in [0, 0.05) is 16.7 Å². The van der Waals surface area contributed by atoms with E-state index in [4.69, 9.17) is 16.7 Å². The number of rotatable bonds is 4. The van der Waals surface area contributed by atoms with E-state index in [2.05, 4.69) is 0 Å². The first-order valence-corrected chi connectivity index (χ1v) is 9.52. The zero-order valence-electron chi connectivity index (χ0n) is 15.6. The maximum absolute atomic E-state index is 14.8. The van der Waals surface area contributed by atoms with Crippen LogP contribution in [0.2, 0.25) is 5.02 Å². The first kappa shape index (κ1) is 19.0. The van der Waals surface area contributed by atoms with Crippen molar-refractivity contribution in [1.82, 2.24) is 9.78 Å². The van der Waals surface area contributed by atoms with Gasteiger partial charge < -0.3 is 10.2 Å². The van der Waals surface area contributed by atoms with Crippen molar-refractivity contribution in [2.45, 2.75) is 13.3 Å². The molecule has 4 nitrogen and oxygen atoms in total. The van der Waals surface area contributed by atoms with Gasteiger partial charge in [-0.1, -0.05) is 24.6 Å². The largest absolute Gasteiger partial charge is 0.508 e. The van der Waals surface area contributed by atoms with Crippen LogP contribution >= 0.6 is 11.6 Å². The van der Waals surface area contributed by atoms with E-state index < -0.39 is 5.82 Å². The molecular formula is C23H18ClFN2O2. The highest BCUT2D eigenvalue weighted by atomic mass is 35.5. The van der Waals surface area contributed by atoms with Gasteiger partial charge in [0.15, 0.2) is 0 Å². The number of nitrogens with zero attached hydrogens (tertiary/aromatic N) is 2. The third-order valence-corrected chi connectivity index (χ3v) is 5.07. The molecule has 0 fully saturated rings. The maximum Gasteiger partial charge on any atom is 0.150 e. The van der Waals surface area contributed by atoms with Crippen LogP contribution in [0.4, 0.5) is 4.39 Å². The number of benzene rings is 3. The highest BCUT2D eigenvalue weighted by Crippen LogP contribution is 2.37. The van der Waals surface area contributed by atoms with Gasteiger partial charge in [0.2, 0.25) is 0 Å². The third-order valence-electron chi connectivity index (χ3n) is 4.77. The summed E-state index contributed by atoms with van der Waals surface area (Å²) >= 11 is 6.35. The van der Waals surface area contributed by atoms with Crippen LogP contribution in [0.25, 0.3) is 28.2 Å². The van der Waals surface area contributed by atoms with Gasteiger partial charge in [0.25, 0.3) is 0 Å². The fourth-order valence-electron chi connectivity index (χ4n) is 3.41. The van der Waals surface area contributed by atoms with Crippen LogP contribution < -0.4 is 0 Å². The number of hydrogen-bond donors (Lipinski definition) is 2. The van der Waals surface area contributed by atoms with Gasteiger partial charge in [0.05, 0.1) is 16.4 Å². The Hall–Kier alpha value is -3.31. The Morgan fingerprint density at radius 3 is 2.03 bits per heavy atom. The number of hydrogen-bond acceptors (Lipinski definition) is 3. The second-order valence-corrected chi connectivity index (χ2v) is 7.01. The SMILES string of the molecule is CCc1c(-c2ccc(O)cc2)nn(-c2c(F)cccc2Cl)c1-c1ccc(O)cc1. The molecule has 6 heteroatoms. The lowest BCUT2D eigenvalue weighted by molar-refractivity contribution is 0.475. The Morgan fingerprint density at radius 2 is 1.48 bits per heavy atom. The van der Waals surface area contributed by atoms with Gasteiger partial charge in [0.1, 0.15) is 23.0 Å². The Morgan fingerprint density at radius 1 is 0.897 bits per heavy atom. The molecule has 0 saturated carbocycles. The number of aromatic hydroxyl groups is 2. The molecule has 4 aromatic rings. The van der Waals surface area contributed by atoms with Crippen molar-refractivity contribution in [3.05, 3.63) is 83.1 Å². The Balaban J connectivity index is 2.05. The highest BCUT2D eigenvalue weighted by Gasteiger charge is 2.23. The minimum absolute atomic E-state index is 0.139. The van der Waals surface area contributed by atoms with Crippen molar-refractivity contribution >= 4 is 11.6 Å². The van der Waals surface area contributed by atoms with E-state index >= 15 is 0 Å². The summed E-state index contributed by atoms with van der Waals surface area (Å²) in [6.45, 7) is 2.00. The van der Waals surface area contributed by atoms with E-state index in [0.29, 0.717) is 17.8 Å². The maximum atomic E-state index is 14.8. The average Bonchev–Trinajstić information content (AvgIpc) is 3.08. The molecule has 3 aromatic carbocycles. The molecule has 1 aromatic heterocycles. The number of halogens is 2. The lowest BCUT2D eigenvalue weighted by atomic mass is 9.99. The molecule has 0 aliphatic heterocycles. The van der Waals surface area contributed by atoms with Crippen molar-refractivity contribution in [2.24, 2.45) is 0 Å². The number of aromatic nitrogens is 2. The van der Waals surface area contributed by atoms with Crippen LogP contribution in [-0.4, -0.2) is 20.0 Å². The van der Waals surface area contributed by atoms with Gasteiger partial charge in [-0.3, -0.25) is 0 Å².